The molecule has 0 aliphatic heterocycles. The van der Waals surface area contributed by atoms with Crippen LogP contribution in [0.3, 0.4) is 0 Å². The van der Waals surface area contributed by atoms with Gasteiger partial charge in [-0.3, -0.25) is 9.59 Å². The molecule has 196 valence electrons. The second kappa shape index (κ2) is 7.45. The molecule has 0 radical (unpaired) electrons. The number of esters is 1. The Bertz CT molecular complexity index is 984. The summed E-state index contributed by atoms with van der Waals surface area (Å²) in [5, 5.41) is 0. The van der Waals surface area contributed by atoms with Crippen molar-refractivity contribution in [1.29, 1.82) is 0 Å². The summed E-state index contributed by atoms with van der Waals surface area (Å²) in [6, 6.07) is 0.207. The number of methoxy groups -OCH3 is 1. The van der Waals surface area contributed by atoms with Crippen molar-refractivity contribution in [3.63, 3.8) is 0 Å². The summed E-state index contributed by atoms with van der Waals surface area (Å²) < 4.78 is 5.26. The maximum Gasteiger partial charge on any atom is 0.311 e. The first-order chi connectivity index (χ1) is 16.1. The van der Waals surface area contributed by atoms with Gasteiger partial charge in [-0.1, -0.05) is 47.1 Å². The Labute approximate surface area is 213 Å². The molecule has 0 amide bonds. The molecule has 5 aliphatic rings. The maximum atomic E-state index is 14.3. The molecule has 2 N–H and O–H groups in total. The third kappa shape index (κ3) is 3.07. The molecule has 4 fully saturated rings. The number of allylic oxidation sites excluding steroid dienone is 2. The third-order valence-electron chi connectivity index (χ3n) is 13.4. The molecule has 0 aromatic rings. The van der Waals surface area contributed by atoms with E-state index in [9.17, 15) is 9.59 Å². The minimum Gasteiger partial charge on any atom is -0.469 e. The molecular formula is C31H49NO3. The van der Waals surface area contributed by atoms with E-state index < -0.39 is 5.41 Å². The van der Waals surface area contributed by atoms with Gasteiger partial charge in [0.05, 0.1) is 12.5 Å². The fourth-order valence-corrected chi connectivity index (χ4v) is 10.6. The highest BCUT2D eigenvalue weighted by atomic mass is 16.5. The van der Waals surface area contributed by atoms with Crippen LogP contribution in [-0.2, 0) is 14.3 Å². The third-order valence-corrected chi connectivity index (χ3v) is 13.4. The molecule has 35 heavy (non-hydrogen) atoms. The maximum absolute atomic E-state index is 14.3. The van der Waals surface area contributed by atoms with Gasteiger partial charge in [0, 0.05) is 12.0 Å². The SMILES string of the molecule is COC(=O)[C@@]1(C)CC[C@]2(C)CC[C@]3(C)C(=CC(=O)[C@@H]4[C@@]5(C)CC[C@@H](N)C(C)(C)[C@@H]5CC[C@]43C)[C@@H]2C1. The monoisotopic (exact) mass is 483 g/mol. The number of nitrogens with two attached hydrogens (primary N) is 1. The minimum absolute atomic E-state index is 0.0116. The van der Waals surface area contributed by atoms with E-state index in [-0.39, 0.29) is 50.9 Å². The number of hydrogen-bond acceptors (Lipinski definition) is 4. The molecule has 0 saturated heterocycles. The van der Waals surface area contributed by atoms with Crippen LogP contribution in [0, 0.1) is 50.2 Å². The first kappa shape index (κ1) is 25.5. The van der Waals surface area contributed by atoms with Crippen LogP contribution in [0.4, 0.5) is 0 Å². The summed E-state index contributed by atoms with van der Waals surface area (Å²) in [5.41, 5.74) is 7.68. The van der Waals surface area contributed by atoms with Gasteiger partial charge >= 0.3 is 5.97 Å². The predicted molar refractivity (Wildman–Crippen MR) is 139 cm³/mol. The van der Waals surface area contributed by atoms with Crippen LogP contribution in [0.2, 0.25) is 0 Å². The van der Waals surface area contributed by atoms with Crippen LogP contribution in [0.5, 0.6) is 0 Å². The van der Waals surface area contributed by atoms with Gasteiger partial charge in [-0.15, -0.1) is 0 Å². The highest BCUT2D eigenvalue weighted by Gasteiger charge is 2.70. The summed E-state index contributed by atoms with van der Waals surface area (Å²) in [5.74, 6) is 1.06. The van der Waals surface area contributed by atoms with E-state index >= 15 is 0 Å². The lowest BCUT2D eigenvalue weighted by Gasteiger charge is -2.70. The van der Waals surface area contributed by atoms with Crippen molar-refractivity contribution < 1.29 is 14.3 Å². The molecule has 0 aromatic heterocycles. The van der Waals surface area contributed by atoms with E-state index in [0.717, 1.165) is 51.4 Å². The van der Waals surface area contributed by atoms with E-state index in [2.05, 4.69) is 54.5 Å². The van der Waals surface area contributed by atoms with Crippen LogP contribution in [-0.4, -0.2) is 24.9 Å². The lowest BCUT2D eigenvalue weighted by molar-refractivity contribution is -0.188. The highest BCUT2D eigenvalue weighted by Crippen LogP contribution is 2.75. The van der Waals surface area contributed by atoms with Crippen molar-refractivity contribution in [2.75, 3.05) is 7.11 Å². The van der Waals surface area contributed by atoms with Gasteiger partial charge in [0.2, 0.25) is 0 Å². The van der Waals surface area contributed by atoms with Crippen molar-refractivity contribution >= 4 is 11.8 Å². The lowest BCUT2D eigenvalue weighted by Crippen LogP contribution is -2.67. The zero-order valence-corrected chi connectivity index (χ0v) is 23.6. The van der Waals surface area contributed by atoms with E-state index in [1.54, 1.807) is 0 Å². The number of hydrogen-bond donors (Lipinski definition) is 1. The molecule has 0 bridgehead atoms. The van der Waals surface area contributed by atoms with Crippen LogP contribution in [0.1, 0.15) is 106 Å². The van der Waals surface area contributed by atoms with Gasteiger partial charge in [0.25, 0.3) is 0 Å². The molecule has 0 aromatic carbocycles. The smallest absolute Gasteiger partial charge is 0.311 e. The first-order valence-electron chi connectivity index (χ1n) is 14.2. The number of carbonyl (C=O) groups is 2. The van der Waals surface area contributed by atoms with Gasteiger partial charge in [0.1, 0.15) is 0 Å². The van der Waals surface area contributed by atoms with Gasteiger partial charge in [-0.25, -0.2) is 0 Å². The van der Waals surface area contributed by atoms with Gasteiger partial charge in [-0.2, -0.15) is 0 Å². The molecule has 4 heteroatoms. The van der Waals surface area contributed by atoms with E-state index in [0.29, 0.717) is 11.7 Å². The minimum atomic E-state index is -0.466. The molecule has 9 atom stereocenters. The van der Waals surface area contributed by atoms with E-state index in [4.69, 9.17) is 10.5 Å². The number of carbonyl (C=O) groups excluding carboxylic acids is 2. The molecule has 4 nitrogen and oxygen atoms in total. The van der Waals surface area contributed by atoms with Crippen molar-refractivity contribution in [3.8, 4) is 0 Å². The Balaban J connectivity index is 1.61. The van der Waals surface area contributed by atoms with Crippen molar-refractivity contribution in [2.45, 2.75) is 112 Å². The summed E-state index contributed by atoms with van der Waals surface area (Å²) >= 11 is 0. The Kier molecular flexibility index (Phi) is 5.43. The van der Waals surface area contributed by atoms with E-state index in [1.165, 1.54) is 19.1 Å². The van der Waals surface area contributed by atoms with Gasteiger partial charge in [0.15, 0.2) is 5.78 Å². The van der Waals surface area contributed by atoms with Crippen LogP contribution >= 0.6 is 0 Å². The quantitative estimate of drug-likeness (QED) is 0.434. The van der Waals surface area contributed by atoms with E-state index in [1.807, 2.05) is 0 Å². The summed E-state index contributed by atoms with van der Waals surface area (Å²) in [6.45, 7) is 16.6. The zero-order valence-electron chi connectivity index (χ0n) is 23.6. The largest absolute Gasteiger partial charge is 0.469 e. The lowest BCUT2D eigenvalue weighted by atomic mass is 9.33. The number of ether oxygens (including phenoxy) is 1. The number of ketones is 1. The average molecular weight is 484 g/mol. The Morgan fingerprint density at radius 3 is 2.26 bits per heavy atom. The summed E-state index contributed by atoms with van der Waals surface area (Å²) in [7, 11) is 1.51. The van der Waals surface area contributed by atoms with Crippen LogP contribution < -0.4 is 5.73 Å². The second-order valence-electron chi connectivity index (χ2n) is 15.2. The van der Waals surface area contributed by atoms with Crippen molar-refractivity contribution in [3.05, 3.63) is 11.6 Å². The van der Waals surface area contributed by atoms with Gasteiger partial charge < -0.3 is 10.5 Å². The topological polar surface area (TPSA) is 69.4 Å². The Morgan fingerprint density at radius 1 is 0.943 bits per heavy atom. The van der Waals surface area contributed by atoms with Crippen molar-refractivity contribution in [1.82, 2.24) is 0 Å². The second-order valence-corrected chi connectivity index (χ2v) is 15.2. The van der Waals surface area contributed by atoms with Gasteiger partial charge in [-0.05, 0) is 110 Å². The normalized spacial score (nSPS) is 52.8. The Morgan fingerprint density at radius 2 is 1.60 bits per heavy atom. The molecule has 0 unspecified atom stereocenters. The fourth-order valence-electron chi connectivity index (χ4n) is 10.6. The fraction of sp³-hybridized carbons (Fsp3) is 0.871. The van der Waals surface area contributed by atoms with Crippen LogP contribution in [0.15, 0.2) is 11.6 Å². The standard InChI is InChI=1S/C31H49NO3/c1-26(2)22-9-12-31(7)24(29(22,5)11-10-23(26)32)21(33)17-19-20-18-28(4,25(34)35-8)14-13-27(20,3)15-16-30(19,31)6/h17,20,22-24H,9-16,18,32H2,1-8H3/t20-,22-,23+,24+,27+,28-,29-,30+,31+/m0/s1. The highest BCUT2D eigenvalue weighted by molar-refractivity contribution is 5.95. The zero-order chi connectivity index (χ0) is 25.8. The first-order valence-corrected chi connectivity index (χ1v) is 14.2. The van der Waals surface area contributed by atoms with Crippen molar-refractivity contribution in [2.24, 2.45) is 56.0 Å². The Hall–Kier alpha value is -1.16. The molecule has 5 aliphatic carbocycles. The molecule has 4 saturated carbocycles. The number of rotatable bonds is 1. The van der Waals surface area contributed by atoms with Crippen LogP contribution in [0.25, 0.3) is 0 Å². The average Bonchev–Trinajstić information content (AvgIpc) is 2.78. The molecule has 5 rings (SSSR count). The summed E-state index contributed by atoms with van der Waals surface area (Å²) in [4.78, 5) is 27.1. The summed E-state index contributed by atoms with van der Waals surface area (Å²) in [6.07, 6.45) is 11.4. The molecule has 0 spiro atoms. The molecule has 0 heterocycles. The molecular weight excluding hydrogens is 434 g/mol. The number of fused-ring (bicyclic) bond motifs is 7. The predicted octanol–water partition coefficient (Wildman–Crippen LogP) is 6.47.